The van der Waals surface area contributed by atoms with E-state index in [9.17, 15) is 10.2 Å². The van der Waals surface area contributed by atoms with Gasteiger partial charge in [0.2, 0.25) is 0 Å². The van der Waals surface area contributed by atoms with Crippen molar-refractivity contribution in [2.24, 2.45) is 40.2 Å². The van der Waals surface area contributed by atoms with Crippen LogP contribution in [0.25, 0.3) is 0 Å². The summed E-state index contributed by atoms with van der Waals surface area (Å²) < 4.78 is 0. The normalized spacial score (nSPS) is 50.5. The first-order chi connectivity index (χ1) is 10.9. The van der Waals surface area contributed by atoms with E-state index in [0.717, 1.165) is 25.8 Å². The van der Waals surface area contributed by atoms with Crippen LogP contribution in [0, 0.1) is 34.5 Å². The van der Waals surface area contributed by atoms with Crippen molar-refractivity contribution in [1.82, 2.24) is 0 Å². The summed E-state index contributed by atoms with van der Waals surface area (Å²) in [5, 5.41) is 20.0. The van der Waals surface area contributed by atoms with E-state index in [-0.39, 0.29) is 24.0 Å². The average molecular weight is 322 g/mol. The van der Waals surface area contributed by atoms with Crippen molar-refractivity contribution >= 4 is 0 Å². The van der Waals surface area contributed by atoms with E-state index in [0.29, 0.717) is 23.2 Å². The second-order valence-electron chi connectivity index (χ2n) is 9.01. The zero-order chi connectivity index (χ0) is 16.8. The molecule has 0 bridgehead atoms. The first-order valence-corrected chi connectivity index (χ1v) is 9.53. The minimum absolute atomic E-state index is 0.121. The SMILES string of the molecule is CC1=CC[C@H]2[C@H](CN)[C@@H]([C@@]3(C)CC[C@H](O)C[C@@H]3CO)CC[C@]12C. The Labute approximate surface area is 141 Å². The maximum absolute atomic E-state index is 10.0. The van der Waals surface area contributed by atoms with Crippen LogP contribution in [0.4, 0.5) is 0 Å². The maximum Gasteiger partial charge on any atom is 0.0544 e. The van der Waals surface area contributed by atoms with E-state index in [1.165, 1.54) is 19.3 Å². The van der Waals surface area contributed by atoms with Gasteiger partial charge < -0.3 is 15.9 Å². The Balaban J connectivity index is 1.88. The van der Waals surface area contributed by atoms with E-state index in [1.54, 1.807) is 5.57 Å². The third-order valence-electron chi connectivity index (χ3n) is 8.25. The minimum Gasteiger partial charge on any atom is -0.396 e. The molecule has 0 unspecified atom stereocenters. The lowest BCUT2D eigenvalue weighted by molar-refractivity contribution is -0.0927. The van der Waals surface area contributed by atoms with Crippen LogP contribution in [0.3, 0.4) is 0 Å². The van der Waals surface area contributed by atoms with Crippen LogP contribution >= 0.6 is 0 Å². The molecule has 3 aliphatic carbocycles. The molecule has 0 aromatic heterocycles. The lowest BCUT2D eigenvalue weighted by Crippen LogP contribution is -2.53. The van der Waals surface area contributed by atoms with Gasteiger partial charge in [-0.15, -0.1) is 0 Å². The number of rotatable bonds is 3. The van der Waals surface area contributed by atoms with E-state index >= 15 is 0 Å². The summed E-state index contributed by atoms with van der Waals surface area (Å²) in [6.45, 7) is 8.04. The van der Waals surface area contributed by atoms with Gasteiger partial charge in [0, 0.05) is 6.61 Å². The molecule has 0 spiro atoms. The molecule has 3 aliphatic rings. The summed E-state index contributed by atoms with van der Waals surface area (Å²) in [4.78, 5) is 0. The lowest BCUT2D eigenvalue weighted by Gasteiger charge is -2.56. The molecule has 132 valence electrons. The Hall–Kier alpha value is -0.380. The first-order valence-electron chi connectivity index (χ1n) is 9.53. The topological polar surface area (TPSA) is 66.5 Å². The standard InChI is InChI=1S/C20H35NO2/c1-13-4-5-17-16(11-21)18(7-9-19(13,17)2)20(3)8-6-15(23)10-14(20)12-22/h4,14-18,22-23H,5-12,21H2,1-3H3/t14-,15+,16+,17+,18+,19-,20+/m1/s1. The number of hydrogen-bond donors (Lipinski definition) is 3. The second-order valence-corrected chi connectivity index (χ2v) is 9.01. The molecule has 7 atom stereocenters. The van der Waals surface area contributed by atoms with Gasteiger partial charge in [-0.05, 0) is 86.5 Å². The molecule has 3 heteroatoms. The highest BCUT2D eigenvalue weighted by atomic mass is 16.3. The summed E-state index contributed by atoms with van der Waals surface area (Å²) in [6, 6.07) is 0. The van der Waals surface area contributed by atoms with Crippen LogP contribution in [0.5, 0.6) is 0 Å². The Morgan fingerprint density at radius 1 is 1.22 bits per heavy atom. The third-order valence-corrected chi connectivity index (χ3v) is 8.25. The predicted molar refractivity (Wildman–Crippen MR) is 93.8 cm³/mol. The fraction of sp³-hybridized carbons (Fsp3) is 0.900. The Kier molecular flexibility index (Phi) is 4.67. The number of allylic oxidation sites excluding steroid dienone is 2. The van der Waals surface area contributed by atoms with Crippen molar-refractivity contribution in [3.8, 4) is 0 Å². The number of aliphatic hydroxyl groups is 2. The molecule has 0 radical (unpaired) electrons. The Morgan fingerprint density at radius 2 is 1.96 bits per heavy atom. The molecule has 0 amide bonds. The predicted octanol–water partition coefficient (Wildman–Crippen LogP) is 3.10. The van der Waals surface area contributed by atoms with Gasteiger partial charge >= 0.3 is 0 Å². The molecule has 0 heterocycles. The highest BCUT2D eigenvalue weighted by Crippen LogP contribution is 2.61. The molecule has 4 N–H and O–H groups in total. The highest BCUT2D eigenvalue weighted by molar-refractivity contribution is 5.23. The fourth-order valence-electron chi connectivity index (χ4n) is 6.38. The summed E-state index contributed by atoms with van der Waals surface area (Å²) in [5.41, 5.74) is 8.31. The smallest absolute Gasteiger partial charge is 0.0544 e. The molecule has 3 nitrogen and oxygen atoms in total. The van der Waals surface area contributed by atoms with Gasteiger partial charge in [-0.2, -0.15) is 0 Å². The van der Waals surface area contributed by atoms with Crippen molar-refractivity contribution in [3.05, 3.63) is 11.6 Å². The number of nitrogens with two attached hydrogens (primary N) is 1. The molecular weight excluding hydrogens is 286 g/mol. The van der Waals surface area contributed by atoms with E-state index < -0.39 is 0 Å². The van der Waals surface area contributed by atoms with Gasteiger partial charge in [0.05, 0.1) is 6.10 Å². The molecule has 3 rings (SSSR count). The second kappa shape index (κ2) is 6.16. The molecule has 23 heavy (non-hydrogen) atoms. The Bertz CT molecular complexity index is 476. The summed E-state index contributed by atoms with van der Waals surface area (Å²) in [7, 11) is 0. The number of aliphatic hydroxyl groups excluding tert-OH is 2. The third kappa shape index (κ3) is 2.60. The zero-order valence-electron chi connectivity index (χ0n) is 15.1. The molecule has 0 aromatic rings. The minimum atomic E-state index is -0.235. The lowest BCUT2D eigenvalue weighted by atomic mass is 9.49. The number of fused-ring (bicyclic) bond motifs is 1. The maximum atomic E-state index is 10.0. The Morgan fingerprint density at radius 3 is 2.61 bits per heavy atom. The van der Waals surface area contributed by atoms with Crippen LogP contribution in [-0.2, 0) is 0 Å². The van der Waals surface area contributed by atoms with Crippen LogP contribution in [0.2, 0.25) is 0 Å². The molecule has 2 saturated carbocycles. The monoisotopic (exact) mass is 321 g/mol. The van der Waals surface area contributed by atoms with Crippen LogP contribution in [0.15, 0.2) is 11.6 Å². The molecule has 0 saturated heterocycles. The van der Waals surface area contributed by atoms with Gasteiger partial charge in [0.1, 0.15) is 0 Å². The summed E-state index contributed by atoms with van der Waals surface area (Å²) in [6.07, 6.45) is 8.48. The van der Waals surface area contributed by atoms with E-state index in [2.05, 4.69) is 26.8 Å². The van der Waals surface area contributed by atoms with Gasteiger partial charge in [-0.1, -0.05) is 25.5 Å². The molecule has 2 fully saturated rings. The van der Waals surface area contributed by atoms with Crippen molar-refractivity contribution in [1.29, 1.82) is 0 Å². The van der Waals surface area contributed by atoms with Crippen molar-refractivity contribution in [3.63, 3.8) is 0 Å². The highest BCUT2D eigenvalue weighted by Gasteiger charge is 2.55. The van der Waals surface area contributed by atoms with Gasteiger partial charge in [-0.3, -0.25) is 0 Å². The van der Waals surface area contributed by atoms with Gasteiger partial charge in [0.15, 0.2) is 0 Å². The largest absolute Gasteiger partial charge is 0.396 e. The van der Waals surface area contributed by atoms with Crippen molar-refractivity contribution < 1.29 is 10.2 Å². The van der Waals surface area contributed by atoms with E-state index in [1.807, 2.05) is 0 Å². The zero-order valence-corrected chi connectivity index (χ0v) is 15.1. The average Bonchev–Trinajstić information content (AvgIpc) is 2.84. The van der Waals surface area contributed by atoms with Gasteiger partial charge in [0.25, 0.3) is 0 Å². The molecule has 0 aromatic carbocycles. The van der Waals surface area contributed by atoms with Gasteiger partial charge in [-0.25, -0.2) is 0 Å². The van der Waals surface area contributed by atoms with E-state index in [4.69, 9.17) is 5.73 Å². The molecular formula is C20H35NO2. The van der Waals surface area contributed by atoms with Crippen molar-refractivity contribution in [2.75, 3.05) is 13.2 Å². The van der Waals surface area contributed by atoms with Crippen molar-refractivity contribution in [2.45, 2.75) is 65.4 Å². The van der Waals surface area contributed by atoms with Crippen LogP contribution in [-0.4, -0.2) is 29.5 Å². The van der Waals surface area contributed by atoms with Crippen LogP contribution < -0.4 is 5.73 Å². The number of hydrogen-bond acceptors (Lipinski definition) is 3. The fourth-order valence-corrected chi connectivity index (χ4v) is 6.38. The first kappa shape index (κ1) is 17.4. The van der Waals surface area contributed by atoms with Crippen LogP contribution in [0.1, 0.15) is 59.3 Å². The molecule has 0 aliphatic heterocycles. The quantitative estimate of drug-likeness (QED) is 0.700. The summed E-state index contributed by atoms with van der Waals surface area (Å²) >= 11 is 0. The summed E-state index contributed by atoms with van der Waals surface area (Å²) in [5.74, 6) is 1.99.